The molecule has 0 aliphatic heterocycles. The van der Waals surface area contributed by atoms with Gasteiger partial charge in [-0.3, -0.25) is 4.79 Å². The Hall–Kier alpha value is -1.31. The van der Waals surface area contributed by atoms with E-state index in [-0.39, 0.29) is 17.3 Å². The Kier molecular flexibility index (Phi) is 4.94. The van der Waals surface area contributed by atoms with Crippen molar-refractivity contribution >= 4 is 5.78 Å². The predicted octanol–water partition coefficient (Wildman–Crippen LogP) is 4.12. The molecule has 0 spiro atoms. The highest BCUT2D eigenvalue weighted by Crippen LogP contribution is 2.28. The third kappa shape index (κ3) is 3.59. The third-order valence-corrected chi connectivity index (χ3v) is 3.63. The van der Waals surface area contributed by atoms with Gasteiger partial charge in [0.25, 0.3) is 0 Å². The summed E-state index contributed by atoms with van der Waals surface area (Å²) >= 11 is 0. The van der Waals surface area contributed by atoms with Crippen molar-refractivity contribution in [2.75, 3.05) is 0 Å². The van der Waals surface area contributed by atoms with Crippen LogP contribution in [0.15, 0.2) is 24.3 Å². The molecule has 1 aromatic carbocycles. The number of benzene rings is 1. The standard InChI is InChI=1S/C16H24O2/c1-6-15(17)12(3)18-14-10-8-13(9-11-14)16(4,5)7-2/h8-12H,6-7H2,1-5H3. The quantitative estimate of drug-likeness (QED) is 0.757. The van der Waals surface area contributed by atoms with E-state index < -0.39 is 0 Å². The van der Waals surface area contributed by atoms with Crippen LogP contribution in [0.2, 0.25) is 0 Å². The topological polar surface area (TPSA) is 26.3 Å². The Labute approximate surface area is 110 Å². The molecule has 100 valence electrons. The lowest BCUT2D eigenvalue weighted by Crippen LogP contribution is -2.22. The molecule has 1 unspecified atom stereocenters. The summed E-state index contributed by atoms with van der Waals surface area (Å²) in [6.07, 6.45) is 1.25. The first kappa shape index (κ1) is 14.7. The highest BCUT2D eigenvalue weighted by Gasteiger charge is 2.18. The van der Waals surface area contributed by atoms with Gasteiger partial charge in [0.1, 0.15) is 5.75 Å². The van der Waals surface area contributed by atoms with Crippen LogP contribution in [0.1, 0.15) is 53.0 Å². The zero-order valence-electron chi connectivity index (χ0n) is 12.1. The van der Waals surface area contributed by atoms with Crippen LogP contribution in [0.25, 0.3) is 0 Å². The highest BCUT2D eigenvalue weighted by atomic mass is 16.5. The Morgan fingerprint density at radius 1 is 1.22 bits per heavy atom. The normalized spacial score (nSPS) is 13.2. The van der Waals surface area contributed by atoms with Crippen LogP contribution < -0.4 is 4.74 Å². The van der Waals surface area contributed by atoms with Crippen molar-refractivity contribution in [3.63, 3.8) is 0 Å². The molecule has 0 amide bonds. The van der Waals surface area contributed by atoms with Crippen LogP contribution in [0.5, 0.6) is 5.75 Å². The minimum absolute atomic E-state index is 0.132. The average Bonchev–Trinajstić information content (AvgIpc) is 2.38. The van der Waals surface area contributed by atoms with Gasteiger partial charge in [0.05, 0.1) is 0 Å². The molecule has 1 rings (SSSR count). The maximum absolute atomic E-state index is 11.5. The summed E-state index contributed by atoms with van der Waals surface area (Å²) in [6.45, 7) is 10.3. The lowest BCUT2D eigenvalue weighted by atomic mass is 9.82. The third-order valence-electron chi connectivity index (χ3n) is 3.63. The molecule has 0 aliphatic carbocycles. The van der Waals surface area contributed by atoms with Crippen molar-refractivity contribution in [3.05, 3.63) is 29.8 Å². The van der Waals surface area contributed by atoms with Crippen molar-refractivity contribution < 1.29 is 9.53 Å². The minimum Gasteiger partial charge on any atom is -0.483 e. The number of carbonyl (C=O) groups excluding carboxylic acids is 1. The van der Waals surface area contributed by atoms with Gasteiger partial charge in [0.2, 0.25) is 0 Å². The Morgan fingerprint density at radius 2 is 1.78 bits per heavy atom. The molecule has 0 N–H and O–H groups in total. The van der Waals surface area contributed by atoms with E-state index >= 15 is 0 Å². The summed E-state index contributed by atoms with van der Waals surface area (Å²) in [7, 11) is 0. The first-order chi connectivity index (χ1) is 8.40. The number of ether oxygens (including phenoxy) is 1. The summed E-state index contributed by atoms with van der Waals surface area (Å²) in [6, 6.07) is 8.07. The summed E-state index contributed by atoms with van der Waals surface area (Å²) in [4.78, 5) is 11.5. The van der Waals surface area contributed by atoms with Crippen molar-refractivity contribution in [3.8, 4) is 5.75 Å². The zero-order valence-corrected chi connectivity index (χ0v) is 12.1. The van der Waals surface area contributed by atoms with Gasteiger partial charge >= 0.3 is 0 Å². The second kappa shape index (κ2) is 6.03. The Bertz CT molecular complexity index is 390. The highest BCUT2D eigenvalue weighted by molar-refractivity contribution is 5.82. The molecular formula is C16H24O2. The second-order valence-corrected chi connectivity index (χ2v) is 5.34. The number of rotatable bonds is 6. The summed E-state index contributed by atoms with van der Waals surface area (Å²) in [5, 5.41) is 0. The van der Waals surface area contributed by atoms with Gasteiger partial charge in [-0.1, -0.05) is 39.8 Å². The molecule has 0 heterocycles. The first-order valence-electron chi connectivity index (χ1n) is 6.70. The van der Waals surface area contributed by atoms with E-state index in [2.05, 4.69) is 32.9 Å². The van der Waals surface area contributed by atoms with Gasteiger partial charge in [-0.05, 0) is 36.5 Å². The fourth-order valence-electron chi connectivity index (χ4n) is 1.75. The number of hydrogen-bond acceptors (Lipinski definition) is 2. The first-order valence-corrected chi connectivity index (χ1v) is 6.70. The van der Waals surface area contributed by atoms with Gasteiger partial charge in [-0.25, -0.2) is 0 Å². The molecule has 0 aliphatic rings. The largest absolute Gasteiger partial charge is 0.483 e. The molecule has 18 heavy (non-hydrogen) atoms. The summed E-state index contributed by atoms with van der Waals surface area (Å²) in [5.41, 5.74) is 1.48. The molecule has 2 heteroatoms. The van der Waals surface area contributed by atoms with Crippen molar-refractivity contribution in [1.29, 1.82) is 0 Å². The van der Waals surface area contributed by atoms with Crippen LogP contribution in [0.3, 0.4) is 0 Å². The van der Waals surface area contributed by atoms with Crippen LogP contribution in [0, 0.1) is 0 Å². The summed E-state index contributed by atoms with van der Waals surface area (Å²) < 4.78 is 5.62. The van der Waals surface area contributed by atoms with Gasteiger partial charge in [-0.2, -0.15) is 0 Å². The van der Waals surface area contributed by atoms with Gasteiger partial charge in [-0.15, -0.1) is 0 Å². The van der Waals surface area contributed by atoms with Gasteiger partial charge < -0.3 is 4.74 Å². The molecular weight excluding hydrogens is 224 g/mol. The lowest BCUT2D eigenvalue weighted by molar-refractivity contribution is -0.124. The number of ketones is 1. The van der Waals surface area contributed by atoms with Crippen LogP contribution in [0.4, 0.5) is 0 Å². The lowest BCUT2D eigenvalue weighted by Gasteiger charge is -2.23. The molecule has 1 aromatic rings. The van der Waals surface area contributed by atoms with E-state index in [1.807, 2.05) is 19.1 Å². The van der Waals surface area contributed by atoms with Gasteiger partial charge in [0, 0.05) is 6.42 Å². The summed E-state index contributed by atoms with van der Waals surface area (Å²) in [5.74, 6) is 0.896. The maximum atomic E-state index is 11.5. The van der Waals surface area contributed by atoms with Crippen molar-refractivity contribution in [2.24, 2.45) is 0 Å². The van der Waals surface area contributed by atoms with E-state index in [0.717, 1.165) is 12.2 Å². The maximum Gasteiger partial charge on any atom is 0.172 e. The molecule has 2 nitrogen and oxygen atoms in total. The van der Waals surface area contributed by atoms with E-state index in [4.69, 9.17) is 4.74 Å². The molecule has 1 atom stereocenters. The zero-order chi connectivity index (χ0) is 13.8. The van der Waals surface area contributed by atoms with Crippen molar-refractivity contribution in [2.45, 2.75) is 59.0 Å². The van der Waals surface area contributed by atoms with Crippen LogP contribution >= 0.6 is 0 Å². The molecule has 0 saturated heterocycles. The van der Waals surface area contributed by atoms with Crippen LogP contribution in [-0.2, 0) is 10.2 Å². The molecule has 0 aromatic heterocycles. The predicted molar refractivity (Wildman–Crippen MR) is 75.1 cm³/mol. The number of carbonyl (C=O) groups is 1. The van der Waals surface area contributed by atoms with Crippen molar-refractivity contribution in [1.82, 2.24) is 0 Å². The Balaban J connectivity index is 2.75. The van der Waals surface area contributed by atoms with E-state index in [1.165, 1.54) is 5.56 Å². The molecule has 0 radical (unpaired) electrons. The fourth-order valence-corrected chi connectivity index (χ4v) is 1.75. The second-order valence-electron chi connectivity index (χ2n) is 5.34. The van der Waals surface area contributed by atoms with E-state index in [1.54, 1.807) is 6.92 Å². The SMILES string of the molecule is CCC(=O)C(C)Oc1ccc(C(C)(C)CC)cc1. The fraction of sp³-hybridized carbons (Fsp3) is 0.562. The van der Waals surface area contributed by atoms with Gasteiger partial charge in [0.15, 0.2) is 11.9 Å². The minimum atomic E-state index is -0.361. The smallest absolute Gasteiger partial charge is 0.172 e. The number of hydrogen-bond donors (Lipinski definition) is 0. The number of Topliss-reactive ketones (excluding diaryl/α,β-unsaturated/α-hetero) is 1. The average molecular weight is 248 g/mol. The van der Waals surface area contributed by atoms with E-state index in [0.29, 0.717) is 6.42 Å². The van der Waals surface area contributed by atoms with Crippen LogP contribution in [-0.4, -0.2) is 11.9 Å². The Morgan fingerprint density at radius 3 is 2.22 bits per heavy atom. The monoisotopic (exact) mass is 248 g/mol. The molecule has 0 saturated carbocycles. The molecule has 0 fully saturated rings. The molecule has 0 bridgehead atoms. The van der Waals surface area contributed by atoms with E-state index in [9.17, 15) is 4.79 Å².